The van der Waals surface area contributed by atoms with Crippen LogP contribution in [-0.4, -0.2) is 35.0 Å². The number of nitrogens with one attached hydrogen (secondary N) is 1. The average Bonchev–Trinajstić information content (AvgIpc) is 2.95. The van der Waals surface area contributed by atoms with E-state index in [1.807, 2.05) is 0 Å². The molecule has 0 fully saturated rings. The first kappa shape index (κ1) is 25.8. The standard InChI is InChI=1S/C30H23NO7/c32-27(21-10-4-1-5-11-21)31-24(28(33)34)18-20-16-17-25(37-29(35)22-12-6-2-7-13-22)26(19-20)38-30(36)23-14-8-3-9-15-23/h1-17,19,24H,18H2,(H,31,32)(H,33,34)/t24-/m0/s1. The number of carboxylic acids is 1. The second-order valence-corrected chi connectivity index (χ2v) is 8.23. The molecule has 0 bridgehead atoms. The lowest BCUT2D eigenvalue weighted by atomic mass is 10.0. The van der Waals surface area contributed by atoms with Crippen molar-refractivity contribution in [1.29, 1.82) is 0 Å². The fourth-order valence-electron chi connectivity index (χ4n) is 3.58. The highest BCUT2D eigenvalue weighted by Gasteiger charge is 2.23. The molecule has 4 aromatic carbocycles. The minimum absolute atomic E-state index is 0.0212. The topological polar surface area (TPSA) is 119 Å². The van der Waals surface area contributed by atoms with E-state index in [1.54, 1.807) is 91.0 Å². The molecule has 0 unspecified atom stereocenters. The molecule has 1 atom stereocenters. The van der Waals surface area contributed by atoms with Crippen molar-refractivity contribution >= 4 is 23.8 Å². The number of carboxylic acid groups (broad SMARTS) is 1. The molecule has 0 aliphatic rings. The largest absolute Gasteiger partial charge is 0.480 e. The molecular weight excluding hydrogens is 486 g/mol. The summed E-state index contributed by atoms with van der Waals surface area (Å²) in [6.07, 6.45) is -0.114. The van der Waals surface area contributed by atoms with Gasteiger partial charge in [-0.15, -0.1) is 0 Å². The summed E-state index contributed by atoms with van der Waals surface area (Å²) in [7, 11) is 0. The summed E-state index contributed by atoms with van der Waals surface area (Å²) in [6.45, 7) is 0. The van der Waals surface area contributed by atoms with E-state index in [0.29, 0.717) is 16.7 Å². The molecule has 0 radical (unpaired) electrons. The molecule has 0 aromatic heterocycles. The van der Waals surface area contributed by atoms with Gasteiger partial charge < -0.3 is 19.9 Å². The lowest BCUT2D eigenvalue weighted by Crippen LogP contribution is -2.42. The van der Waals surface area contributed by atoms with E-state index in [0.717, 1.165) is 0 Å². The number of benzene rings is 4. The first-order valence-corrected chi connectivity index (χ1v) is 11.7. The van der Waals surface area contributed by atoms with Crippen molar-refractivity contribution in [2.45, 2.75) is 12.5 Å². The molecule has 8 nitrogen and oxygen atoms in total. The van der Waals surface area contributed by atoms with E-state index >= 15 is 0 Å². The van der Waals surface area contributed by atoms with Gasteiger partial charge in [0, 0.05) is 12.0 Å². The van der Waals surface area contributed by atoms with Gasteiger partial charge in [0.15, 0.2) is 11.5 Å². The molecule has 0 aliphatic heterocycles. The van der Waals surface area contributed by atoms with E-state index in [4.69, 9.17) is 9.47 Å². The Morgan fingerprint density at radius 3 is 1.61 bits per heavy atom. The number of carbonyl (C=O) groups excluding carboxylic acids is 3. The van der Waals surface area contributed by atoms with Crippen LogP contribution in [0.15, 0.2) is 109 Å². The van der Waals surface area contributed by atoms with Crippen LogP contribution in [0.5, 0.6) is 11.5 Å². The Hall–Kier alpha value is -5.24. The average molecular weight is 510 g/mol. The van der Waals surface area contributed by atoms with Gasteiger partial charge in [0.2, 0.25) is 0 Å². The predicted octanol–water partition coefficient (Wildman–Crippen LogP) is 4.55. The van der Waals surface area contributed by atoms with Crippen LogP contribution in [0.3, 0.4) is 0 Å². The van der Waals surface area contributed by atoms with Crippen LogP contribution in [0.25, 0.3) is 0 Å². The number of carbonyl (C=O) groups is 4. The van der Waals surface area contributed by atoms with Crippen LogP contribution in [0, 0.1) is 0 Å². The number of hydrogen-bond acceptors (Lipinski definition) is 6. The van der Waals surface area contributed by atoms with Crippen molar-refractivity contribution in [3.05, 3.63) is 131 Å². The number of rotatable bonds is 9. The van der Waals surface area contributed by atoms with Crippen molar-refractivity contribution < 1.29 is 33.8 Å². The van der Waals surface area contributed by atoms with Crippen molar-refractivity contribution in [1.82, 2.24) is 5.32 Å². The van der Waals surface area contributed by atoms with Gasteiger partial charge in [-0.2, -0.15) is 0 Å². The Balaban J connectivity index is 1.59. The van der Waals surface area contributed by atoms with Gasteiger partial charge in [-0.3, -0.25) is 4.79 Å². The SMILES string of the molecule is O=C(N[C@@H](Cc1ccc(OC(=O)c2ccccc2)c(OC(=O)c2ccccc2)c1)C(=O)O)c1ccccc1. The second-order valence-electron chi connectivity index (χ2n) is 8.23. The smallest absolute Gasteiger partial charge is 0.343 e. The number of amides is 1. The van der Waals surface area contributed by atoms with E-state index in [1.165, 1.54) is 18.2 Å². The maximum absolute atomic E-state index is 12.8. The molecule has 4 aromatic rings. The summed E-state index contributed by atoms with van der Waals surface area (Å²) in [6, 6.07) is 27.9. The van der Waals surface area contributed by atoms with E-state index in [9.17, 15) is 24.3 Å². The van der Waals surface area contributed by atoms with Gasteiger partial charge in [-0.25, -0.2) is 14.4 Å². The Morgan fingerprint density at radius 2 is 1.11 bits per heavy atom. The Morgan fingerprint density at radius 1 is 0.632 bits per heavy atom. The van der Waals surface area contributed by atoms with Gasteiger partial charge in [0.05, 0.1) is 11.1 Å². The normalized spacial score (nSPS) is 11.2. The van der Waals surface area contributed by atoms with Gasteiger partial charge >= 0.3 is 17.9 Å². The predicted molar refractivity (Wildman–Crippen MR) is 138 cm³/mol. The van der Waals surface area contributed by atoms with Gasteiger partial charge in [-0.1, -0.05) is 60.7 Å². The van der Waals surface area contributed by atoms with Crippen molar-refractivity contribution in [2.24, 2.45) is 0 Å². The quantitative estimate of drug-likeness (QED) is 0.251. The summed E-state index contributed by atoms with van der Waals surface area (Å²) in [4.78, 5) is 49.8. The first-order valence-electron chi connectivity index (χ1n) is 11.7. The Labute approximate surface area is 218 Å². The van der Waals surface area contributed by atoms with Crippen LogP contribution in [0.4, 0.5) is 0 Å². The minimum Gasteiger partial charge on any atom is -0.480 e. The molecule has 0 heterocycles. The van der Waals surface area contributed by atoms with Gasteiger partial charge in [-0.05, 0) is 54.1 Å². The van der Waals surface area contributed by atoms with Crippen LogP contribution in [0.1, 0.15) is 36.6 Å². The number of aliphatic carboxylic acids is 1. The summed E-state index contributed by atoms with van der Waals surface area (Å²) in [5.41, 5.74) is 1.32. The monoisotopic (exact) mass is 509 g/mol. The van der Waals surface area contributed by atoms with Crippen molar-refractivity contribution in [2.75, 3.05) is 0 Å². The lowest BCUT2D eigenvalue weighted by molar-refractivity contribution is -0.139. The lowest BCUT2D eigenvalue weighted by Gasteiger charge is -2.16. The molecule has 2 N–H and O–H groups in total. The van der Waals surface area contributed by atoms with Crippen molar-refractivity contribution in [3.8, 4) is 11.5 Å². The summed E-state index contributed by atoms with van der Waals surface area (Å²) in [5.74, 6) is -3.22. The maximum Gasteiger partial charge on any atom is 0.343 e. The first-order chi connectivity index (χ1) is 18.4. The molecule has 1 amide bonds. The van der Waals surface area contributed by atoms with Crippen molar-refractivity contribution in [3.63, 3.8) is 0 Å². The Bertz CT molecular complexity index is 1440. The highest BCUT2D eigenvalue weighted by Crippen LogP contribution is 2.31. The van der Waals surface area contributed by atoms with Crippen LogP contribution < -0.4 is 14.8 Å². The molecular formula is C30H23NO7. The molecule has 38 heavy (non-hydrogen) atoms. The van der Waals surface area contributed by atoms with Crippen LogP contribution in [-0.2, 0) is 11.2 Å². The molecule has 4 rings (SSSR count). The van der Waals surface area contributed by atoms with E-state index < -0.39 is 29.9 Å². The zero-order valence-electron chi connectivity index (χ0n) is 20.1. The third-order valence-corrected chi connectivity index (χ3v) is 5.51. The zero-order valence-corrected chi connectivity index (χ0v) is 20.1. The molecule has 0 spiro atoms. The number of ether oxygens (including phenoxy) is 2. The van der Waals surface area contributed by atoms with Gasteiger partial charge in [0.1, 0.15) is 6.04 Å². The number of esters is 2. The third kappa shape index (κ3) is 6.70. The minimum atomic E-state index is -1.27. The fraction of sp³-hybridized carbons (Fsp3) is 0.0667. The summed E-state index contributed by atoms with van der Waals surface area (Å²) in [5, 5.41) is 12.2. The summed E-state index contributed by atoms with van der Waals surface area (Å²) < 4.78 is 11.0. The maximum atomic E-state index is 12.8. The second kappa shape index (κ2) is 12.1. The highest BCUT2D eigenvalue weighted by molar-refractivity contribution is 5.96. The van der Waals surface area contributed by atoms with Gasteiger partial charge in [0.25, 0.3) is 5.91 Å². The molecule has 8 heteroatoms. The van der Waals surface area contributed by atoms with E-state index in [2.05, 4.69) is 5.32 Å². The van der Waals surface area contributed by atoms with Crippen LogP contribution in [0.2, 0.25) is 0 Å². The number of hydrogen-bond donors (Lipinski definition) is 2. The fourth-order valence-corrected chi connectivity index (χ4v) is 3.58. The zero-order chi connectivity index (χ0) is 26.9. The Kier molecular flexibility index (Phi) is 8.25. The summed E-state index contributed by atoms with van der Waals surface area (Å²) >= 11 is 0. The van der Waals surface area contributed by atoms with E-state index in [-0.39, 0.29) is 23.5 Å². The molecule has 0 saturated carbocycles. The molecule has 190 valence electrons. The van der Waals surface area contributed by atoms with Crippen LogP contribution >= 0.6 is 0 Å². The molecule has 0 saturated heterocycles. The third-order valence-electron chi connectivity index (χ3n) is 5.51. The highest BCUT2D eigenvalue weighted by atomic mass is 16.6. The molecule has 0 aliphatic carbocycles.